The van der Waals surface area contributed by atoms with Gasteiger partial charge in [-0.2, -0.15) is 17.5 Å². The van der Waals surface area contributed by atoms with Crippen LogP contribution in [0.5, 0.6) is 0 Å². The zero-order valence-corrected chi connectivity index (χ0v) is 19.6. The highest BCUT2D eigenvalue weighted by atomic mass is 32.2. The average molecular weight is 524 g/mol. The van der Waals surface area contributed by atoms with E-state index in [-0.39, 0.29) is 44.2 Å². The Kier molecular flexibility index (Phi) is 7.22. The number of hydrogen-bond donors (Lipinski definition) is 1. The largest absolute Gasteiger partial charge is 0.417 e. The van der Waals surface area contributed by atoms with Crippen molar-refractivity contribution < 1.29 is 30.8 Å². The molecular formula is C23H21F4N5O3S. The monoisotopic (exact) mass is 523 g/mol. The number of nitrogens with one attached hydrogen (secondary N) is 1. The van der Waals surface area contributed by atoms with Crippen molar-refractivity contribution in [1.29, 1.82) is 0 Å². The van der Waals surface area contributed by atoms with Gasteiger partial charge in [-0.05, 0) is 42.0 Å². The molecule has 1 amide bonds. The molecule has 8 nitrogen and oxygen atoms in total. The Morgan fingerprint density at radius 1 is 0.917 bits per heavy atom. The minimum atomic E-state index is -4.80. The molecule has 1 fully saturated rings. The van der Waals surface area contributed by atoms with Crippen molar-refractivity contribution in [2.75, 3.05) is 31.1 Å². The highest BCUT2D eigenvalue weighted by Gasteiger charge is 2.39. The molecule has 2 aromatic carbocycles. The summed E-state index contributed by atoms with van der Waals surface area (Å²) in [5.41, 5.74) is -0.433. The standard InChI is InChI=1S/C23H21F4N5O3S/c24-17-7-5-16(6-8-17)15-28-22(33)19-9-10-21(30-29-19)31-11-13-32(14-12-31)36(34,35)20-4-2-1-3-18(20)23(25,26)27/h1-10H,11-15H2,(H,28,33). The number of carbonyl (C=O) groups is 1. The Morgan fingerprint density at radius 2 is 1.58 bits per heavy atom. The number of aromatic nitrogens is 2. The van der Waals surface area contributed by atoms with E-state index in [1.165, 1.54) is 24.3 Å². The number of halogens is 4. The number of hydrogen-bond acceptors (Lipinski definition) is 6. The minimum Gasteiger partial charge on any atom is -0.352 e. The fourth-order valence-electron chi connectivity index (χ4n) is 3.71. The molecule has 0 unspecified atom stereocenters. The summed E-state index contributed by atoms with van der Waals surface area (Å²) in [7, 11) is -4.35. The number of rotatable bonds is 6. The van der Waals surface area contributed by atoms with Crippen LogP contribution in [0.25, 0.3) is 0 Å². The number of sulfonamides is 1. The molecule has 1 aliphatic rings. The van der Waals surface area contributed by atoms with Gasteiger partial charge in [0.1, 0.15) is 5.82 Å². The molecule has 3 aromatic rings. The van der Waals surface area contributed by atoms with Gasteiger partial charge in [0.2, 0.25) is 10.0 Å². The predicted molar refractivity (Wildman–Crippen MR) is 122 cm³/mol. The van der Waals surface area contributed by atoms with E-state index in [1.807, 2.05) is 0 Å². The van der Waals surface area contributed by atoms with Crippen LogP contribution in [-0.2, 0) is 22.7 Å². The van der Waals surface area contributed by atoms with Gasteiger partial charge in [-0.3, -0.25) is 4.79 Å². The van der Waals surface area contributed by atoms with E-state index in [1.54, 1.807) is 23.1 Å². The van der Waals surface area contributed by atoms with Crippen LogP contribution in [0.4, 0.5) is 23.4 Å². The van der Waals surface area contributed by atoms with Gasteiger partial charge >= 0.3 is 6.18 Å². The van der Waals surface area contributed by atoms with Crippen molar-refractivity contribution in [2.45, 2.75) is 17.6 Å². The molecule has 1 aromatic heterocycles. The lowest BCUT2D eigenvalue weighted by atomic mass is 10.2. The normalized spacial score (nSPS) is 15.1. The molecule has 4 rings (SSSR count). The van der Waals surface area contributed by atoms with Crippen LogP contribution in [0.15, 0.2) is 65.6 Å². The Labute approximate surface area is 204 Å². The Morgan fingerprint density at radius 3 is 2.19 bits per heavy atom. The summed E-state index contributed by atoms with van der Waals surface area (Å²) in [6.07, 6.45) is -4.80. The third-order valence-electron chi connectivity index (χ3n) is 5.62. The quantitative estimate of drug-likeness (QED) is 0.499. The Bertz CT molecular complexity index is 1330. The van der Waals surface area contributed by atoms with Crippen LogP contribution in [0.1, 0.15) is 21.6 Å². The minimum absolute atomic E-state index is 0.0455. The number of nitrogens with zero attached hydrogens (tertiary/aromatic N) is 4. The molecule has 1 aliphatic heterocycles. The maximum absolute atomic E-state index is 13.3. The Hall–Kier alpha value is -3.58. The van der Waals surface area contributed by atoms with Gasteiger partial charge in [0, 0.05) is 32.7 Å². The first kappa shape index (κ1) is 25.5. The first-order valence-corrected chi connectivity index (χ1v) is 12.3. The van der Waals surface area contributed by atoms with E-state index in [4.69, 9.17) is 0 Å². The molecule has 190 valence electrons. The first-order valence-electron chi connectivity index (χ1n) is 10.8. The van der Waals surface area contributed by atoms with Gasteiger partial charge in [0.25, 0.3) is 5.91 Å². The highest BCUT2D eigenvalue weighted by molar-refractivity contribution is 7.89. The summed E-state index contributed by atoms with van der Waals surface area (Å²) >= 11 is 0. The third-order valence-corrected chi connectivity index (χ3v) is 7.58. The van der Waals surface area contributed by atoms with Crippen molar-refractivity contribution in [3.8, 4) is 0 Å². The molecule has 0 saturated carbocycles. The molecule has 0 atom stereocenters. The summed E-state index contributed by atoms with van der Waals surface area (Å²) in [6, 6.07) is 12.8. The topological polar surface area (TPSA) is 95.5 Å². The van der Waals surface area contributed by atoms with Gasteiger partial charge in [-0.25, -0.2) is 12.8 Å². The van der Waals surface area contributed by atoms with E-state index in [0.29, 0.717) is 11.4 Å². The lowest BCUT2D eigenvalue weighted by molar-refractivity contribution is -0.139. The average Bonchev–Trinajstić information content (AvgIpc) is 2.88. The molecule has 1 saturated heterocycles. The maximum atomic E-state index is 13.3. The van der Waals surface area contributed by atoms with E-state index in [2.05, 4.69) is 15.5 Å². The fraction of sp³-hybridized carbons (Fsp3) is 0.261. The maximum Gasteiger partial charge on any atom is 0.417 e. The van der Waals surface area contributed by atoms with Crippen LogP contribution < -0.4 is 10.2 Å². The summed E-state index contributed by atoms with van der Waals surface area (Å²) in [5.74, 6) is -0.452. The van der Waals surface area contributed by atoms with E-state index in [9.17, 15) is 30.8 Å². The molecule has 36 heavy (non-hydrogen) atoms. The predicted octanol–water partition coefficient (Wildman–Crippen LogP) is 3.08. The molecule has 13 heteroatoms. The van der Waals surface area contributed by atoms with Gasteiger partial charge in [0.05, 0.1) is 10.5 Å². The van der Waals surface area contributed by atoms with Crippen molar-refractivity contribution in [3.63, 3.8) is 0 Å². The third kappa shape index (κ3) is 5.62. The summed E-state index contributed by atoms with van der Waals surface area (Å²) < 4.78 is 79.8. The van der Waals surface area contributed by atoms with Crippen LogP contribution in [0.3, 0.4) is 0 Å². The second kappa shape index (κ2) is 10.2. The van der Waals surface area contributed by atoms with E-state index >= 15 is 0 Å². The second-order valence-electron chi connectivity index (χ2n) is 7.97. The molecule has 0 bridgehead atoms. The lowest BCUT2D eigenvalue weighted by Crippen LogP contribution is -2.49. The van der Waals surface area contributed by atoms with Crippen LogP contribution >= 0.6 is 0 Å². The fourth-order valence-corrected chi connectivity index (χ4v) is 5.35. The van der Waals surface area contributed by atoms with Gasteiger partial charge in [-0.15, -0.1) is 10.2 Å². The van der Waals surface area contributed by atoms with Crippen molar-refractivity contribution >= 4 is 21.7 Å². The number of anilines is 1. The zero-order valence-electron chi connectivity index (χ0n) is 18.7. The number of benzene rings is 2. The number of carbonyl (C=O) groups excluding carboxylic acids is 1. The summed E-state index contributed by atoms with van der Waals surface area (Å²) in [5, 5.41) is 10.6. The van der Waals surface area contributed by atoms with Crippen molar-refractivity contribution in [3.05, 3.63) is 83.3 Å². The van der Waals surface area contributed by atoms with Crippen molar-refractivity contribution in [2.24, 2.45) is 0 Å². The number of alkyl halides is 3. The summed E-state index contributed by atoms with van der Waals surface area (Å²) in [4.78, 5) is 13.3. The Balaban J connectivity index is 1.37. The zero-order chi connectivity index (χ0) is 25.9. The molecule has 1 N–H and O–H groups in total. The first-order chi connectivity index (χ1) is 17.1. The molecule has 0 radical (unpaired) electrons. The van der Waals surface area contributed by atoms with Gasteiger partial charge in [-0.1, -0.05) is 24.3 Å². The van der Waals surface area contributed by atoms with E-state index < -0.39 is 32.6 Å². The van der Waals surface area contributed by atoms with Crippen molar-refractivity contribution in [1.82, 2.24) is 19.8 Å². The molecule has 2 heterocycles. The smallest absolute Gasteiger partial charge is 0.352 e. The van der Waals surface area contributed by atoms with Crippen LogP contribution in [-0.4, -0.2) is 55.0 Å². The SMILES string of the molecule is O=C(NCc1ccc(F)cc1)c1ccc(N2CCN(S(=O)(=O)c3ccccc3C(F)(F)F)CC2)nn1. The lowest BCUT2D eigenvalue weighted by Gasteiger charge is -2.34. The number of amides is 1. The highest BCUT2D eigenvalue weighted by Crippen LogP contribution is 2.35. The molecular weight excluding hydrogens is 502 g/mol. The number of piperazine rings is 1. The van der Waals surface area contributed by atoms with Gasteiger partial charge < -0.3 is 10.2 Å². The second-order valence-corrected chi connectivity index (χ2v) is 9.88. The summed E-state index contributed by atoms with van der Waals surface area (Å²) in [6.45, 7) is 0.444. The molecule has 0 aliphatic carbocycles. The van der Waals surface area contributed by atoms with E-state index in [0.717, 1.165) is 22.5 Å². The van der Waals surface area contributed by atoms with Gasteiger partial charge in [0.15, 0.2) is 11.5 Å². The van der Waals surface area contributed by atoms with Crippen LogP contribution in [0, 0.1) is 5.82 Å². The van der Waals surface area contributed by atoms with Crippen LogP contribution in [0.2, 0.25) is 0 Å². The molecule has 0 spiro atoms.